The summed E-state index contributed by atoms with van der Waals surface area (Å²) >= 11 is 0. The molecule has 1 amide bonds. The van der Waals surface area contributed by atoms with Crippen molar-refractivity contribution in [2.75, 3.05) is 24.3 Å². The van der Waals surface area contributed by atoms with E-state index < -0.39 is 11.4 Å². The van der Waals surface area contributed by atoms with Gasteiger partial charge in [-0.3, -0.25) is 9.59 Å². The molecule has 0 aliphatic carbocycles. The molecule has 0 radical (unpaired) electrons. The first-order chi connectivity index (χ1) is 10.8. The van der Waals surface area contributed by atoms with Gasteiger partial charge in [0.1, 0.15) is 11.4 Å². The maximum absolute atomic E-state index is 12.2. The lowest BCUT2D eigenvalue weighted by Crippen LogP contribution is -2.50. The van der Waals surface area contributed by atoms with Crippen LogP contribution in [-0.4, -0.2) is 40.4 Å². The number of nitrogens with one attached hydrogen (secondary N) is 1. The lowest BCUT2D eigenvalue weighted by atomic mass is 9.86. The number of ketones is 1. The Kier molecular flexibility index (Phi) is 5.15. The Bertz CT molecular complexity index is 611. The van der Waals surface area contributed by atoms with Crippen LogP contribution in [0.2, 0.25) is 0 Å². The smallest absolute Gasteiger partial charge is 0.222 e. The SMILES string of the molecule is CC(=O)C1(Nc2nc(N)nc(C)c2CCC(N)=O)CCOCC1. The number of amides is 1. The van der Waals surface area contributed by atoms with E-state index in [1.807, 2.05) is 0 Å². The van der Waals surface area contributed by atoms with Crippen LogP contribution < -0.4 is 16.8 Å². The maximum Gasteiger partial charge on any atom is 0.222 e. The molecular formula is C15H23N5O3. The van der Waals surface area contributed by atoms with E-state index in [2.05, 4.69) is 15.3 Å². The monoisotopic (exact) mass is 321 g/mol. The number of hydrogen-bond acceptors (Lipinski definition) is 7. The molecule has 8 heteroatoms. The summed E-state index contributed by atoms with van der Waals surface area (Å²) < 4.78 is 5.36. The number of nitrogen functional groups attached to an aromatic ring is 1. The van der Waals surface area contributed by atoms with Gasteiger partial charge in [-0.1, -0.05) is 0 Å². The Hall–Kier alpha value is -2.22. The molecule has 0 bridgehead atoms. The first-order valence-electron chi connectivity index (χ1n) is 7.62. The molecule has 0 aromatic carbocycles. The number of primary amides is 1. The molecule has 1 aromatic rings. The molecule has 2 heterocycles. The van der Waals surface area contributed by atoms with Crippen LogP contribution in [-0.2, 0) is 20.7 Å². The fourth-order valence-electron chi connectivity index (χ4n) is 2.78. The number of rotatable bonds is 6. The molecule has 5 N–H and O–H groups in total. The van der Waals surface area contributed by atoms with E-state index in [1.165, 1.54) is 0 Å². The highest BCUT2D eigenvalue weighted by Gasteiger charge is 2.38. The van der Waals surface area contributed by atoms with Crippen molar-refractivity contribution in [2.45, 2.75) is 45.1 Å². The Labute approximate surface area is 135 Å². The summed E-state index contributed by atoms with van der Waals surface area (Å²) in [6, 6.07) is 0. The Balaban J connectivity index is 2.36. The van der Waals surface area contributed by atoms with Crippen LogP contribution in [0, 0.1) is 6.92 Å². The van der Waals surface area contributed by atoms with Crippen molar-refractivity contribution in [2.24, 2.45) is 5.73 Å². The van der Waals surface area contributed by atoms with E-state index in [0.717, 1.165) is 5.56 Å². The largest absolute Gasteiger partial charge is 0.381 e. The van der Waals surface area contributed by atoms with Crippen molar-refractivity contribution in [3.05, 3.63) is 11.3 Å². The molecule has 1 saturated heterocycles. The average Bonchev–Trinajstić information content (AvgIpc) is 2.46. The number of nitrogens with two attached hydrogens (primary N) is 2. The minimum Gasteiger partial charge on any atom is -0.381 e. The number of hydrogen-bond donors (Lipinski definition) is 3. The minimum atomic E-state index is -0.729. The molecular weight excluding hydrogens is 298 g/mol. The molecule has 2 rings (SSSR count). The van der Waals surface area contributed by atoms with Gasteiger partial charge in [-0.25, -0.2) is 4.98 Å². The summed E-state index contributed by atoms with van der Waals surface area (Å²) in [5, 5.41) is 3.26. The van der Waals surface area contributed by atoms with Crippen LogP contribution in [0.1, 0.15) is 37.4 Å². The Morgan fingerprint density at radius 3 is 2.52 bits per heavy atom. The number of aryl methyl sites for hydroxylation is 1. The van der Waals surface area contributed by atoms with Crippen molar-refractivity contribution >= 4 is 23.5 Å². The highest BCUT2D eigenvalue weighted by atomic mass is 16.5. The zero-order valence-electron chi connectivity index (χ0n) is 13.5. The summed E-state index contributed by atoms with van der Waals surface area (Å²) in [6.07, 6.45) is 1.69. The van der Waals surface area contributed by atoms with Crippen molar-refractivity contribution in [1.82, 2.24) is 9.97 Å². The Morgan fingerprint density at radius 2 is 1.96 bits per heavy atom. The van der Waals surface area contributed by atoms with Gasteiger partial charge in [0, 0.05) is 43.7 Å². The van der Waals surface area contributed by atoms with Gasteiger partial charge in [0.2, 0.25) is 11.9 Å². The maximum atomic E-state index is 12.2. The van der Waals surface area contributed by atoms with E-state index in [9.17, 15) is 9.59 Å². The van der Waals surface area contributed by atoms with Crippen molar-refractivity contribution in [3.63, 3.8) is 0 Å². The topological polar surface area (TPSA) is 133 Å². The van der Waals surface area contributed by atoms with E-state index in [4.69, 9.17) is 16.2 Å². The highest BCUT2D eigenvalue weighted by Crippen LogP contribution is 2.29. The second-order valence-corrected chi connectivity index (χ2v) is 5.84. The zero-order valence-corrected chi connectivity index (χ0v) is 13.5. The molecule has 23 heavy (non-hydrogen) atoms. The zero-order chi connectivity index (χ0) is 17.0. The summed E-state index contributed by atoms with van der Waals surface area (Å²) in [6.45, 7) is 4.36. The molecule has 1 aliphatic heterocycles. The van der Waals surface area contributed by atoms with Crippen LogP contribution in [0.4, 0.5) is 11.8 Å². The molecule has 1 aliphatic rings. The third-order valence-corrected chi connectivity index (χ3v) is 4.23. The fraction of sp³-hybridized carbons (Fsp3) is 0.600. The predicted octanol–water partition coefficient (Wildman–Crippen LogP) is 0.335. The first-order valence-corrected chi connectivity index (χ1v) is 7.62. The van der Waals surface area contributed by atoms with E-state index in [1.54, 1.807) is 13.8 Å². The summed E-state index contributed by atoms with van der Waals surface area (Å²) in [5.41, 5.74) is 11.7. The lowest BCUT2D eigenvalue weighted by molar-refractivity contribution is -0.124. The number of aromatic nitrogens is 2. The van der Waals surface area contributed by atoms with Crippen LogP contribution in [0.25, 0.3) is 0 Å². The van der Waals surface area contributed by atoms with E-state index in [-0.39, 0.29) is 18.2 Å². The van der Waals surface area contributed by atoms with Gasteiger partial charge >= 0.3 is 0 Å². The molecule has 0 atom stereocenters. The van der Waals surface area contributed by atoms with Crippen molar-refractivity contribution in [3.8, 4) is 0 Å². The van der Waals surface area contributed by atoms with Gasteiger partial charge in [0.15, 0.2) is 5.78 Å². The quantitative estimate of drug-likeness (QED) is 0.687. The number of ether oxygens (including phenoxy) is 1. The lowest BCUT2D eigenvalue weighted by Gasteiger charge is -2.36. The van der Waals surface area contributed by atoms with Gasteiger partial charge in [-0.2, -0.15) is 4.98 Å². The summed E-state index contributed by atoms with van der Waals surface area (Å²) in [7, 11) is 0. The molecule has 0 spiro atoms. The van der Waals surface area contributed by atoms with Crippen molar-refractivity contribution in [1.29, 1.82) is 0 Å². The third-order valence-electron chi connectivity index (χ3n) is 4.23. The van der Waals surface area contributed by atoms with Gasteiger partial charge in [0.25, 0.3) is 0 Å². The normalized spacial score (nSPS) is 16.8. The van der Waals surface area contributed by atoms with Gasteiger partial charge < -0.3 is 21.5 Å². The first kappa shape index (κ1) is 17.1. The number of carbonyl (C=O) groups excluding carboxylic acids is 2. The van der Waals surface area contributed by atoms with Gasteiger partial charge in [-0.05, 0) is 20.3 Å². The third kappa shape index (κ3) is 3.95. The summed E-state index contributed by atoms with van der Waals surface area (Å²) in [4.78, 5) is 31.7. The molecule has 8 nitrogen and oxygen atoms in total. The van der Waals surface area contributed by atoms with Crippen LogP contribution in [0.3, 0.4) is 0 Å². The highest BCUT2D eigenvalue weighted by molar-refractivity contribution is 5.89. The fourth-order valence-corrected chi connectivity index (χ4v) is 2.78. The molecule has 1 aromatic heterocycles. The predicted molar refractivity (Wildman–Crippen MR) is 85.8 cm³/mol. The number of nitrogens with zero attached hydrogens (tertiary/aromatic N) is 2. The van der Waals surface area contributed by atoms with Crippen molar-refractivity contribution < 1.29 is 14.3 Å². The number of carbonyl (C=O) groups is 2. The number of anilines is 2. The van der Waals surface area contributed by atoms with E-state index >= 15 is 0 Å². The molecule has 126 valence electrons. The van der Waals surface area contributed by atoms with Gasteiger partial charge in [-0.15, -0.1) is 0 Å². The summed E-state index contributed by atoms with van der Waals surface area (Å²) in [5.74, 6) is 0.239. The molecule has 0 unspecified atom stereocenters. The number of Topliss-reactive ketones (excluding diaryl/α,β-unsaturated/α-hetero) is 1. The standard InChI is InChI=1S/C15H23N5O3/c1-9-11(3-4-12(16)22)13(19-14(17)18-9)20-15(10(2)21)5-7-23-8-6-15/h3-8H2,1-2H3,(H2,16,22)(H3,17,18,19,20). The van der Waals surface area contributed by atoms with Gasteiger partial charge in [0.05, 0.1) is 0 Å². The van der Waals surface area contributed by atoms with Crippen LogP contribution in [0.15, 0.2) is 0 Å². The second-order valence-electron chi connectivity index (χ2n) is 5.84. The molecule has 0 saturated carbocycles. The molecule has 1 fully saturated rings. The Morgan fingerprint density at radius 1 is 1.30 bits per heavy atom. The van der Waals surface area contributed by atoms with E-state index in [0.29, 0.717) is 44.0 Å². The van der Waals surface area contributed by atoms with Crippen LogP contribution >= 0.6 is 0 Å². The van der Waals surface area contributed by atoms with Crippen LogP contribution in [0.5, 0.6) is 0 Å². The minimum absolute atomic E-state index is 0.0245. The average molecular weight is 321 g/mol. The second kappa shape index (κ2) is 6.91.